The molecule has 0 saturated heterocycles. The predicted molar refractivity (Wildman–Crippen MR) is 196 cm³/mol. The summed E-state index contributed by atoms with van der Waals surface area (Å²) in [7, 11) is 0. The van der Waals surface area contributed by atoms with Gasteiger partial charge in [-0.3, -0.25) is 19.9 Å². The second-order valence-electron chi connectivity index (χ2n) is 13.4. The molecule has 1 aliphatic carbocycles. The lowest BCUT2D eigenvalue weighted by molar-refractivity contribution is 0.354. The maximum Gasteiger partial charge on any atom is 0.0736 e. The molecule has 48 heavy (non-hydrogen) atoms. The van der Waals surface area contributed by atoms with Gasteiger partial charge in [0.25, 0.3) is 0 Å². The smallest absolute Gasteiger partial charge is 0.0736 e. The summed E-state index contributed by atoms with van der Waals surface area (Å²) in [6.07, 6.45) is 11.8. The Hall–Kier alpha value is -5.48. The average molecular weight is 621 g/mol. The van der Waals surface area contributed by atoms with Crippen LogP contribution in [0.4, 0.5) is 0 Å². The largest absolute Gasteiger partial charge is 0.256 e. The Labute approximate surface area is 280 Å². The Bertz CT molecular complexity index is 2050. The monoisotopic (exact) mass is 620 g/mol. The van der Waals surface area contributed by atoms with E-state index in [0.29, 0.717) is 23.7 Å². The maximum absolute atomic E-state index is 4.97. The third-order valence-electron chi connectivity index (χ3n) is 10.7. The summed E-state index contributed by atoms with van der Waals surface area (Å²) < 4.78 is 0. The van der Waals surface area contributed by atoms with Crippen molar-refractivity contribution in [3.63, 3.8) is 0 Å². The van der Waals surface area contributed by atoms with Crippen LogP contribution in [-0.2, 0) is 0 Å². The zero-order chi connectivity index (χ0) is 31.9. The third kappa shape index (κ3) is 5.18. The number of pyridine rings is 4. The van der Waals surface area contributed by atoms with Crippen LogP contribution in [0, 0.1) is 0 Å². The van der Waals surface area contributed by atoms with E-state index in [9.17, 15) is 0 Å². The molecule has 0 bridgehead atoms. The van der Waals surface area contributed by atoms with Crippen molar-refractivity contribution < 1.29 is 0 Å². The number of nitrogens with zero attached hydrogens (tertiary/aromatic N) is 4. The average Bonchev–Trinajstić information content (AvgIpc) is 3.14. The van der Waals surface area contributed by atoms with Gasteiger partial charge >= 0.3 is 0 Å². The van der Waals surface area contributed by atoms with Gasteiger partial charge in [0.2, 0.25) is 0 Å². The predicted octanol–water partition coefficient (Wildman–Crippen LogP) is 10.9. The maximum atomic E-state index is 4.97. The summed E-state index contributed by atoms with van der Waals surface area (Å²) in [6, 6.07) is 43.9. The minimum atomic E-state index is 0.295. The SMILES string of the molecule is c1cnc2c(C3CC(c4cccc5cccnc45)CC(c4cccc5cccnc45)CC(c4cccc5cccnc45)C3)cccc2c1. The number of benzene rings is 4. The number of aromatic nitrogens is 4. The molecule has 0 unspecified atom stereocenters. The van der Waals surface area contributed by atoms with E-state index in [4.69, 9.17) is 19.9 Å². The third-order valence-corrected chi connectivity index (χ3v) is 10.7. The molecular weight excluding hydrogens is 585 g/mol. The van der Waals surface area contributed by atoms with Crippen molar-refractivity contribution in [3.8, 4) is 0 Å². The van der Waals surface area contributed by atoms with Gasteiger partial charge in [-0.15, -0.1) is 0 Å². The minimum absolute atomic E-state index is 0.295. The molecule has 0 N–H and O–H groups in total. The van der Waals surface area contributed by atoms with E-state index in [1.165, 1.54) is 43.8 Å². The van der Waals surface area contributed by atoms with Crippen molar-refractivity contribution in [2.75, 3.05) is 0 Å². The fourth-order valence-electron chi connectivity index (χ4n) is 8.60. The Morgan fingerprint density at radius 1 is 0.292 bits per heavy atom. The van der Waals surface area contributed by atoms with Gasteiger partial charge in [-0.2, -0.15) is 0 Å². The van der Waals surface area contributed by atoms with E-state index >= 15 is 0 Å². The van der Waals surface area contributed by atoms with Crippen LogP contribution in [0.5, 0.6) is 0 Å². The second-order valence-corrected chi connectivity index (χ2v) is 13.4. The van der Waals surface area contributed by atoms with Crippen LogP contribution in [0.2, 0.25) is 0 Å². The van der Waals surface area contributed by atoms with Crippen LogP contribution < -0.4 is 0 Å². The minimum Gasteiger partial charge on any atom is -0.256 e. The zero-order valence-corrected chi connectivity index (χ0v) is 26.8. The molecule has 4 aromatic heterocycles. The van der Waals surface area contributed by atoms with Gasteiger partial charge in [0.05, 0.1) is 22.1 Å². The molecule has 9 rings (SSSR count). The summed E-state index contributed by atoms with van der Waals surface area (Å²) in [4.78, 5) is 19.9. The zero-order valence-electron chi connectivity index (χ0n) is 26.8. The number of hydrogen-bond donors (Lipinski definition) is 0. The van der Waals surface area contributed by atoms with Crippen LogP contribution in [-0.4, -0.2) is 19.9 Å². The van der Waals surface area contributed by atoms with E-state index in [2.05, 4.69) is 97.1 Å². The summed E-state index contributed by atoms with van der Waals surface area (Å²) in [6.45, 7) is 0. The van der Waals surface area contributed by atoms with Crippen molar-refractivity contribution in [1.82, 2.24) is 19.9 Å². The standard InChI is InChI=1S/C44H36N4/c1-9-29-13-5-21-45-41(29)37(17-1)33-25-34(38-18-2-10-30-14-6-22-46-42(30)38)27-36(40-20-4-12-32-16-8-24-48-44(32)40)28-35(26-33)39-19-3-11-31-15-7-23-47-43(31)39/h1-24,33-36H,25-28H2. The van der Waals surface area contributed by atoms with Gasteiger partial charge < -0.3 is 0 Å². The molecule has 1 aliphatic rings. The lowest BCUT2D eigenvalue weighted by atomic mass is 9.68. The first-order valence-corrected chi connectivity index (χ1v) is 17.1. The Kier molecular flexibility index (Phi) is 7.34. The van der Waals surface area contributed by atoms with Crippen molar-refractivity contribution in [3.05, 3.63) is 168 Å². The van der Waals surface area contributed by atoms with Crippen LogP contribution >= 0.6 is 0 Å². The van der Waals surface area contributed by atoms with Gasteiger partial charge in [-0.1, -0.05) is 97.1 Å². The highest BCUT2D eigenvalue weighted by atomic mass is 14.7. The van der Waals surface area contributed by atoms with Crippen molar-refractivity contribution in [1.29, 1.82) is 0 Å². The summed E-state index contributed by atoms with van der Waals surface area (Å²) >= 11 is 0. The Morgan fingerprint density at radius 3 is 0.771 bits per heavy atom. The Morgan fingerprint density at radius 2 is 0.521 bits per heavy atom. The lowest BCUT2D eigenvalue weighted by Crippen LogP contribution is -2.21. The highest BCUT2D eigenvalue weighted by Gasteiger charge is 2.34. The molecule has 4 heterocycles. The van der Waals surface area contributed by atoms with Gasteiger partial charge in [-0.05, 0) is 95.9 Å². The van der Waals surface area contributed by atoms with Crippen LogP contribution in [0.15, 0.2) is 146 Å². The first kappa shape index (κ1) is 28.7. The topological polar surface area (TPSA) is 51.6 Å². The quantitative estimate of drug-likeness (QED) is 0.196. The van der Waals surface area contributed by atoms with E-state index in [0.717, 1.165) is 47.8 Å². The molecule has 4 heteroatoms. The molecule has 1 fully saturated rings. The van der Waals surface area contributed by atoms with Crippen molar-refractivity contribution in [2.24, 2.45) is 0 Å². The van der Waals surface area contributed by atoms with Crippen LogP contribution in [0.1, 0.15) is 71.6 Å². The molecular formula is C44H36N4. The number of hydrogen-bond acceptors (Lipinski definition) is 4. The van der Waals surface area contributed by atoms with E-state index in [1.54, 1.807) is 0 Å². The normalized spacial score (nSPS) is 20.2. The molecule has 0 atom stereocenters. The molecule has 0 aliphatic heterocycles. The number of rotatable bonds is 4. The molecule has 8 aromatic rings. The van der Waals surface area contributed by atoms with E-state index in [1.807, 2.05) is 49.1 Å². The molecule has 0 radical (unpaired) electrons. The number of para-hydroxylation sites is 4. The van der Waals surface area contributed by atoms with E-state index in [-0.39, 0.29) is 0 Å². The van der Waals surface area contributed by atoms with Crippen molar-refractivity contribution in [2.45, 2.75) is 49.4 Å². The van der Waals surface area contributed by atoms with Crippen molar-refractivity contribution >= 4 is 43.6 Å². The molecule has 1 saturated carbocycles. The van der Waals surface area contributed by atoms with Crippen LogP contribution in [0.25, 0.3) is 43.6 Å². The molecule has 0 spiro atoms. The van der Waals surface area contributed by atoms with Gasteiger partial charge in [-0.25, -0.2) is 0 Å². The molecule has 4 nitrogen and oxygen atoms in total. The second kappa shape index (κ2) is 12.3. The van der Waals surface area contributed by atoms with E-state index < -0.39 is 0 Å². The van der Waals surface area contributed by atoms with Gasteiger partial charge in [0.1, 0.15) is 0 Å². The summed E-state index contributed by atoms with van der Waals surface area (Å²) in [5, 5.41) is 4.79. The fourth-order valence-corrected chi connectivity index (χ4v) is 8.60. The summed E-state index contributed by atoms with van der Waals surface area (Å²) in [5.74, 6) is 1.18. The Balaban J connectivity index is 1.26. The highest BCUT2D eigenvalue weighted by molar-refractivity contribution is 5.85. The first-order valence-electron chi connectivity index (χ1n) is 17.1. The lowest BCUT2D eigenvalue weighted by Gasteiger charge is -2.36. The van der Waals surface area contributed by atoms with Crippen LogP contribution in [0.3, 0.4) is 0 Å². The first-order chi connectivity index (χ1) is 23.8. The number of fused-ring (bicyclic) bond motifs is 4. The van der Waals surface area contributed by atoms with Gasteiger partial charge in [0.15, 0.2) is 0 Å². The molecule has 232 valence electrons. The van der Waals surface area contributed by atoms with Gasteiger partial charge in [0, 0.05) is 46.3 Å². The molecule has 0 amide bonds. The highest BCUT2D eigenvalue weighted by Crippen LogP contribution is 2.51. The fraction of sp³-hybridized carbons (Fsp3) is 0.182. The summed E-state index contributed by atoms with van der Waals surface area (Å²) in [5.41, 5.74) is 9.83. The molecule has 4 aromatic carbocycles.